The van der Waals surface area contributed by atoms with E-state index >= 15 is 0 Å². The van der Waals surface area contributed by atoms with E-state index in [1.165, 1.54) is 5.56 Å². The highest BCUT2D eigenvalue weighted by Gasteiger charge is 2.02. The third-order valence-corrected chi connectivity index (χ3v) is 2.87. The molecule has 17 heavy (non-hydrogen) atoms. The lowest BCUT2D eigenvalue weighted by molar-refractivity contribution is 0.928. The number of pyridine rings is 1. The molecule has 0 fully saturated rings. The van der Waals surface area contributed by atoms with E-state index in [0.29, 0.717) is 0 Å². The van der Waals surface area contributed by atoms with E-state index in [-0.39, 0.29) is 0 Å². The normalized spacial score (nSPS) is 10.9. The SMILES string of the molecule is Cn1ccc(-c2cnc3ccc(N)cc3c2)c1. The van der Waals surface area contributed by atoms with Crippen LogP contribution in [0.25, 0.3) is 22.0 Å². The first-order valence-electron chi connectivity index (χ1n) is 5.50. The fourth-order valence-electron chi connectivity index (χ4n) is 1.98. The molecule has 3 rings (SSSR count). The van der Waals surface area contributed by atoms with Gasteiger partial charge in [0.1, 0.15) is 0 Å². The number of anilines is 1. The number of nitrogens with two attached hydrogens (primary N) is 1. The molecule has 0 aliphatic carbocycles. The van der Waals surface area contributed by atoms with E-state index in [2.05, 4.69) is 23.3 Å². The molecule has 2 N–H and O–H groups in total. The summed E-state index contributed by atoms with van der Waals surface area (Å²) >= 11 is 0. The van der Waals surface area contributed by atoms with Crippen LogP contribution in [-0.2, 0) is 7.05 Å². The highest BCUT2D eigenvalue weighted by Crippen LogP contribution is 2.23. The fraction of sp³-hybridized carbons (Fsp3) is 0.0714. The Hall–Kier alpha value is -2.29. The molecule has 0 amide bonds. The minimum absolute atomic E-state index is 0.768. The largest absolute Gasteiger partial charge is 0.399 e. The third-order valence-electron chi connectivity index (χ3n) is 2.87. The zero-order valence-electron chi connectivity index (χ0n) is 9.59. The number of hydrogen-bond acceptors (Lipinski definition) is 2. The Balaban J connectivity index is 2.18. The standard InChI is InChI=1S/C14H13N3/c1-17-5-4-10(9-17)12-6-11-7-13(15)2-3-14(11)16-8-12/h2-9H,15H2,1H3. The number of hydrogen-bond donors (Lipinski definition) is 1. The molecule has 0 saturated carbocycles. The highest BCUT2D eigenvalue weighted by molar-refractivity contribution is 5.85. The lowest BCUT2D eigenvalue weighted by atomic mass is 10.1. The van der Waals surface area contributed by atoms with Crippen molar-refractivity contribution in [1.82, 2.24) is 9.55 Å². The van der Waals surface area contributed by atoms with Gasteiger partial charge in [-0.25, -0.2) is 0 Å². The monoisotopic (exact) mass is 223 g/mol. The second-order valence-corrected chi connectivity index (χ2v) is 4.24. The lowest BCUT2D eigenvalue weighted by Crippen LogP contribution is -1.86. The van der Waals surface area contributed by atoms with Gasteiger partial charge in [-0.15, -0.1) is 0 Å². The summed E-state index contributed by atoms with van der Waals surface area (Å²) < 4.78 is 2.03. The summed E-state index contributed by atoms with van der Waals surface area (Å²) in [5.74, 6) is 0. The van der Waals surface area contributed by atoms with Crippen LogP contribution in [0.1, 0.15) is 0 Å². The van der Waals surface area contributed by atoms with Crippen LogP contribution in [-0.4, -0.2) is 9.55 Å². The predicted octanol–water partition coefficient (Wildman–Crippen LogP) is 2.82. The van der Waals surface area contributed by atoms with Gasteiger partial charge >= 0.3 is 0 Å². The first-order chi connectivity index (χ1) is 8.22. The molecular weight excluding hydrogens is 210 g/mol. The molecule has 0 spiro atoms. The Bertz CT molecular complexity index is 683. The molecule has 0 radical (unpaired) electrons. The van der Waals surface area contributed by atoms with Gasteiger partial charge in [-0.1, -0.05) is 0 Å². The number of fused-ring (bicyclic) bond motifs is 1. The molecule has 3 aromatic rings. The molecule has 0 bridgehead atoms. The Labute approximate surface area is 99.5 Å². The summed E-state index contributed by atoms with van der Waals surface area (Å²) in [7, 11) is 2.01. The smallest absolute Gasteiger partial charge is 0.0703 e. The summed E-state index contributed by atoms with van der Waals surface area (Å²) in [4.78, 5) is 4.44. The third kappa shape index (κ3) is 1.76. The van der Waals surface area contributed by atoms with Crippen molar-refractivity contribution in [2.24, 2.45) is 7.05 Å². The van der Waals surface area contributed by atoms with Gasteiger partial charge in [-0.05, 0) is 30.3 Å². The number of nitrogens with zero attached hydrogens (tertiary/aromatic N) is 2. The van der Waals surface area contributed by atoms with Crippen molar-refractivity contribution >= 4 is 16.6 Å². The van der Waals surface area contributed by atoms with E-state index in [0.717, 1.165) is 22.2 Å². The minimum atomic E-state index is 0.768. The molecule has 0 aliphatic rings. The molecule has 1 aromatic carbocycles. The van der Waals surface area contributed by atoms with Gasteiger partial charge in [0.2, 0.25) is 0 Å². The minimum Gasteiger partial charge on any atom is -0.399 e. The van der Waals surface area contributed by atoms with Crippen molar-refractivity contribution in [3.63, 3.8) is 0 Å². The van der Waals surface area contributed by atoms with Crippen molar-refractivity contribution in [1.29, 1.82) is 0 Å². The first-order valence-corrected chi connectivity index (χ1v) is 5.50. The average molecular weight is 223 g/mol. The maximum Gasteiger partial charge on any atom is 0.0703 e. The van der Waals surface area contributed by atoms with Crippen molar-refractivity contribution in [2.75, 3.05) is 5.73 Å². The van der Waals surface area contributed by atoms with Crippen LogP contribution in [0.5, 0.6) is 0 Å². The van der Waals surface area contributed by atoms with Gasteiger partial charge in [0.15, 0.2) is 0 Å². The number of rotatable bonds is 1. The van der Waals surface area contributed by atoms with E-state index in [4.69, 9.17) is 5.73 Å². The van der Waals surface area contributed by atoms with Gasteiger partial charge in [-0.2, -0.15) is 0 Å². The molecule has 3 nitrogen and oxygen atoms in total. The average Bonchev–Trinajstić information content (AvgIpc) is 2.75. The van der Waals surface area contributed by atoms with E-state index in [1.54, 1.807) is 0 Å². The Morgan fingerprint density at radius 3 is 2.76 bits per heavy atom. The molecule has 2 aromatic heterocycles. The van der Waals surface area contributed by atoms with Crippen molar-refractivity contribution in [3.05, 3.63) is 48.9 Å². The van der Waals surface area contributed by atoms with Gasteiger partial charge in [0.05, 0.1) is 5.52 Å². The molecule has 84 valence electrons. The Kier molecular flexibility index (Phi) is 2.11. The number of aromatic nitrogens is 2. The van der Waals surface area contributed by atoms with Crippen LogP contribution in [0.2, 0.25) is 0 Å². The second-order valence-electron chi connectivity index (χ2n) is 4.24. The van der Waals surface area contributed by atoms with Crippen molar-refractivity contribution < 1.29 is 0 Å². The predicted molar refractivity (Wildman–Crippen MR) is 70.6 cm³/mol. The topological polar surface area (TPSA) is 43.8 Å². The van der Waals surface area contributed by atoms with Gasteiger partial charge in [0.25, 0.3) is 0 Å². The van der Waals surface area contributed by atoms with Gasteiger partial charge in [-0.3, -0.25) is 4.98 Å². The van der Waals surface area contributed by atoms with Crippen LogP contribution >= 0.6 is 0 Å². The van der Waals surface area contributed by atoms with E-state index in [1.807, 2.05) is 42.2 Å². The van der Waals surface area contributed by atoms with E-state index in [9.17, 15) is 0 Å². The van der Waals surface area contributed by atoms with Gasteiger partial charge < -0.3 is 10.3 Å². The fourth-order valence-corrected chi connectivity index (χ4v) is 1.98. The zero-order chi connectivity index (χ0) is 11.8. The van der Waals surface area contributed by atoms with Crippen LogP contribution in [0.15, 0.2) is 48.9 Å². The molecule has 3 heteroatoms. The summed E-state index contributed by atoms with van der Waals surface area (Å²) in [6.07, 6.45) is 6.00. The molecule has 0 unspecified atom stereocenters. The van der Waals surface area contributed by atoms with Crippen molar-refractivity contribution in [2.45, 2.75) is 0 Å². The number of nitrogen functional groups attached to an aromatic ring is 1. The van der Waals surface area contributed by atoms with Crippen molar-refractivity contribution in [3.8, 4) is 11.1 Å². The molecule has 0 aliphatic heterocycles. The summed E-state index contributed by atoms with van der Waals surface area (Å²) in [6, 6.07) is 9.97. The second kappa shape index (κ2) is 3.63. The maximum absolute atomic E-state index is 5.78. The Morgan fingerprint density at radius 1 is 1.12 bits per heavy atom. The maximum atomic E-state index is 5.78. The number of aryl methyl sites for hydroxylation is 1. The Morgan fingerprint density at radius 2 is 2.00 bits per heavy atom. The van der Waals surface area contributed by atoms with Crippen LogP contribution in [0.3, 0.4) is 0 Å². The van der Waals surface area contributed by atoms with Crippen LogP contribution in [0.4, 0.5) is 5.69 Å². The molecule has 0 atom stereocenters. The lowest BCUT2D eigenvalue weighted by Gasteiger charge is -2.02. The summed E-state index contributed by atoms with van der Waals surface area (Å²) in [6.45, 7) is 0. The molecule has 2 heterocycles. The van der Waals surface area contributed by atoms with E-state index < -0.39 is 0 Å². The van der Waals surface area contributed by atoms with Crippen LogP contribution < -0.4 is 5.73 Å². The summed E-state index contributed by atoms with van der Waals surface area (Å²) in [5, 5.41) is 1.08. The number of benzene rings is 1. The molecular formula is C14H13N3. The quantitative estimate of drug-likeness (QED) is 0.645. The summed E-state index contributed by atoms with van der Waals surface area (Å²) in [5.41, 5.74) is 9.81. The van der Waals surface area contributed by atoms with Crippen LogP contribution in [0, 0.1) is 0 Å². The van der Waals surface area contributed by atoms with Gasteiger partial charge in [0, 0.05) is 47.8 Å². The first kappa shape index (κ1) is 9.90. The highest BCUT2D eigenvalue weighted by atomic mass is 14.9. The molecule has 0 saturated heterocycles. The zero-order valence-corrected chi connectivity index (χ0v) is 9.59.